The van der Waals surface area contributed by atoms with Crippen LogP contribution in [0.1, 0.15) is 34.1 Å². The third kappa shape index (κ3) is 3.81. The average Bonchev–Trinajstić information content (AvgIpc) is 1.85. The summed E-state index contributed by atoms with van der Waals surface area (Å²) in [5.41, 5.74) is -0.315. The van der Waals surface area contributed by atoms with Crippen molar-refractivity contribution in [2.24, 2.45) is 5.41 Å². The van der Waals surface area contributed by atoms with Crippen LogP contribution in [0.2, 0.25) is 0 Å². The molecule has 0 saturated heterocycles. The van der Waals surface area contributed by atoms with Gasteiger partial charge >= 0.3 is 0 Å². The van der Waals surface area contributed by atoms with Crippen molar-refractivity contribution in [2.45, 2.75) is 34.1 Å². The molecule has 0 saturated carbocycles. The molecule has 0 aromatic rings. The summed E-state index contributed by atoms with van der Waals surface area (Å²) in [7, 11) is 0. The first-order valence-corrected chi connectivity index (χ1v) is 3.82. The first-order valence-electron chi connectivity index (χ1n) is 3.82. The summed E-state index contributed by atoms with van der Waals surface area (Å²) in [6.45, 7) is 7.36. The Hall–Kier alpha value is -0.790. The van der Waals surface area contributed by atoms with Crippen molar-refractivity contribution in [2.75, 3.05) is 0 Å². The van der Waals surface area contributed by atoms with Gasteiger partial charge in [-0.15, -0.1) is 0 Å². The van der Waals surface area contributed by atoms with Crippen LogP contribution in [0, 0.1) is 5.41 Å². The second kappa shape index (κ2) is 3.56. The maximum Gasteiger partial charge on any atom is 0.158 e. The molecule has 11 heavy (non-hydrogen) atoms. The number of ketones is 1. The molecule has 0 aliphatic carbocycles. The predicted octanol–water partition coefficient (Wildman–Crippen LogP) is 2.45. The van der Waals surface area contributed by atoms with Crippen molar-refractivity contribution in [1.82, 2.24) is 0 Å². The SMILES string of the molecule is CCC(=O)/C=C(/O)C(C)(C)C. The second-order valence-electron chi connectivity index (χ2n) is 3.60. The van der Waals surface area contributed by atoms with Crippen LogP contribution in [-0.4, -0.2) is 10.9 Å². The average molecular weight is 156 g/mol. The molecule has 0 fully saturated rings. The van der Waals surface area contributed by atoms with E-state index in [1.807, 2.05) is 20.8 Å². The smallest absolute Gasteiger partial charge is 0.158 e. The Bertz CT molecular complexity index is 172. The van der Waals surface area contributed by atoms with E-state index in [-0.39, 0.29) is 17.0 Å². The Kier molecular flexibility index (Phi) is 3.30. The fourth-order valence-corrected chi connectivity index (χ4v) is 0.471. The third-order valence-corrected chi connectivity index (χ3v) is 1.41. The number of allylic oxidation sites excluding steroid dienone is 2. The van der Waals surface area contributed by atoms with E-state index in [0.29, 0.717) is 6.42 Å². The lowest BCUT2D eigenvalue weighted by Crippen LogP contribution is -2.10. The molecule has 2 nitrogen and oxygen atoms in total. The summed E-state index contributed by atoms with van der Waals surface area (Å²) in [6, 6.07) is 0. The molecule has 0 amide bonds. The molecule has 0 rings (SSSR count). The van der Waals surface area contributed by atoms with Crippen molar-refractivity contribution in [3.05, 3.63) is 11.8 Å². The van der Waals surface area contributed by atoms with E-state index in [4.69, 9.17) is 0 Å². The molecule has 0 aromatic carbocycles. The van der Waals surface area contributed by atoms with Crippen molar-refractivity contribution in [3.63, 3.8) is 0 Å². The number of carbonyl (C=O) groups is 1. The topological polar surface area (TPSA) is 37.3 Å². The molecular formula is C9H16O2. The molecule has 2 heteroatoms. The van der Waals surface area contributed by atoms with Gasteiger partial charge in [-0.25, -0.2) is 0 Å². The highest BCUT2D eigenvalue weighted by Gasteiger charge is 2.16. The minimum absolute atomic E-state index is 0.0302. The lowest BCUT2D eigenvalue weighted by molar-refractivity contribution is -0.114. The molecule has 1 N–H and O–H groups in total. The van der Waals surface area contributed by atoms with Crippen LogP contribution in [0.3, 0.4) is 0 Å². The molecule has 0 spiro atoms. The lowest BCUT2D eigenvalue weighted by Gasteiger charge is -2.16. The zero-order chi connectivity index (χ0) is 9.07. The predicted molar refractivity (Wildman–Crippen MR) is 45.5 cm³/mol. The molecule has 0 radical (unpaired) electrons. The van der Waals surface area contributed by atoms with Crippen molar-refractivity contribution in [3.8, 4) is 0 Å². The van der Waals surface area contributed by atoms with Crippen LogP contribution < -0.4 is 0 Å². The van der Waals surface area contributed by atoms with E-state index in [0.717, 1.165) is 0 Å². The van der Waals surface area contributed by atoms with Gasteiger partial charge in [0, 0.05) is 17.9 Å². The molecule has 0 aromatic heterocycles. The number of aliphatic hydroxyl groups excluding tert-OH is 1. The molecule has 64 valence electrons. The van der Waals surface area contributed by atoms with Crippen LogP contribution in [0.5, 0.6) is 0 Å². The largest absolute Gasteiger partial charge is 0.512 e. The Labute approximate surface area is 67.9 Å². The number of hydrogen-bond acceptors (Lipinski definition) is 2. The molecule has 0 unspecified atom stereocenters. The molecular weight excluding hydrogens is 140 g/mol. The van der Waals surface area contributed by atoms with Crippen LogP contribution in [-0.2, 0) is 4.79 Å². The summed E-state index contributed by atoms with van der Waals surface area (Å²) in [5.74, 6) is 0.127. The standard InChI is InChI=1S/C9H16O2/c1-5-7(10)6-8(11)9(2,3)4/h6,11H,5H2,1-4H3/b8-6+. The summed E-state index contributed by atoms with van der Waals surface area (Å²) in [6.07, 6.45) is 1.75. The van der Waals surface area contributed by atoms with E-state index in [1.54, 1.807) is 6.92 Å². The monoisotopic (exact) mass is 156 g/mol. The quantitative estimate of drug-likeness (QED) is 0.492. The minimum atomic E-state index is -0.315. The zero-order valence-corrected chi connectivity index (χ0v) is 7.64. The van der Waals surface area contributed by atoms with Gasteiger partial charge in [0.05, 0.1) is 0 Å². The van der Waals surface area contributed by atoms with Crippen molar-refractivity contribution in [1.29, 1.82) is 0 Å². The fraction of sp³-hybridized carbons (Fsp3) is 0.667. The van der Waals surface area contributed by atoms with E-state index in [2.05, 4.69) is 0 Å². The Morgan fingerprint density at radius 1 is 1.45 bits per heavy atom. The highest BCUT2D eigenvalue weighted by Crippen LogP contribution is 2.22. The number of hydrogen-bond donors (Lipinski definition) is 1. The third-order valence-electron chi connectivity index (χ3n) is 1.41. The summed E-state index contributed by atoms with van der Waals surface area (Å²) in [5, 5.41) is 9.33. The maximum atomic E-state index is 10.8. The van der Waals surface area contributed by atoms with Gasteiger partial charge in [0.2, 0.25) is 0 Å². The van der Waals surface area contributed by atoms with E-state index >= 15 is 0 Å². The summed E-state index contributed by atoms with van der Waals surface area (Å²) < 4.78 is 0. The Balaban J connectivity index is 4.35. The maximum absolute atomic E-state index is 10.8. The Morgan fingerprint density at radius 2 is 1.91 bits per heavy atom. The number of carbonyl (C=O) groups excluding carboxylic acids is 1. The van der Waals surface area contributed by atoms with Crippen LogP contribution in [0.25, 0.3) is 0 Å². The van der Waals surface area contributed by atoms with Gasteiger partial charge in [-0.1, -0.05) is 27.7 Å². The summed E-state index contributed by atoms with van der Waals surface area (Å²) >= 11 is 0. The summed E-state index contributed by atoms with van der Waals surface area (Å²) in [4.78, 5) is 10.8. The normalized spacial score (nSPS) is 13.3. The molecule has 0 bridgehead atoms. The zero-order valence-electron chi connectivity index (χ0n) is 7.64. The first-order chi connectivity index (χ1) is 4.88. The molecule has 0 atom stereocenters. The van der Waals surface area contributed by atoms with Crippen LogP contribution in [0.4, 0.5) is 0 Å². The van der Waals surface area contributed by atoms with Crippen LogP contribution in [0.15, 0.2) is 11.8 Å². The highest BCUT2D eigenvalue weighted by molar-refractivity contribution is 5.89. The number of aliphatic hydroxyl groups is 1. The van der Waals surface area contributed by atoms with E-state index in [9.17, 15) is 9.90 Å². The van der Waals surface area contributed by atoms with Crippen molar-refractivity contribution >= 4 is 5.78 Å². The van der Waals surface area contributed by atoms with Gasteiger partial charge in [0.25, 0.3) is 0 Å². The van der Waals surface area contributed by atoms with Crippen LogP contribution >= 0.6 is 0 Å². The van der Waals surface area contributed by atoms with Crippen molar-refractivity contribution < 1.29 is 9.90 Å². The Morgan fingerprint density at radius 3 is 2.18 bits per heavy atom. The highest BCUT2D eigenvalue weighted by atomic mass is 16.3. The molecule has 0 aliphatic heterocycles. The van der Waals surface area contributed by atoms with Gasteiger partial charge in [-0.05, 0) is 0 Å². The lowest BCUT2D eigenvalue weighted by atomic mass is 9.93. The van der Waals surface area contributed by atoms with Gasteiger partial charge in [-0.3, -0.25) is 4.79 Å². The second-order valence-corrected chi connectivity index (χ2v) is 3.60. The van der Waals surface area contributed by atoms with E-state index < -0.39 is 0 Å². The van der Waals surface area contributed by atoms with Gasteiger partial charge in [0.1, 0.15) is 5.76 Å². The molecule has 0 aliphatic rings. The minimum Gasteiger partial charge on any atom is -0.512 e. The van der Waals surface area contributed by atoms with Gasteiger partial charge in [0.15, 0.2) is 5.78 Å². The molecule has 0 heterocycles. The van der Waals surface area contributed by atoms with Gasteiger partial charge in [-0.2, -0.15) is 0 Å². The van der Waals surface area contributed by atoms with Gasteiger partial charge < -0.3 is 5.11 Å². The first kappa shape index (κ1) is 10.2. The fourth-order valence-electron chi connectivity index (χ4n) is 0.471. The number of rotatable bonds is 2. The van der Waals surface area contributed by atoms with E-state index in [1.165, 1.54) is 6.08 Å².